The third-order valence-electron chi connectivity index (χ3n) is 10.2. The topological polar surface area (TPSA) is 281 Å². The third kappa shape index (κ3) is 12.5. The number of ether oxygens (including phenoxy) is 12. The first kappa shape index (κ1) is 52.5. The van der Waals surface area contributed by atoms with Crippen molar-refractivity contribution in [2.45, 2.75) is 106 Å². The summed E-state index contributed by atoms with van der Waals surface area (Å²) in [5, 5.41) is 0. The van der Waals surface area contributed by atoms with E-state index in [-0.39, 0.29) is 86.0 Å². The van der Waals surface area contributed by atoms with Gasteiger partial charge in [-0.25, -0.2) is 0 Å². The minimum atomic E-state index is -1.68. The van der Waals surface area contributed by atoms with E-state index in [4.69, 9.17) is 56.8 Å². The molecule has 4 aromatic rings. The highest BCUT2D eigenvalue weighted by Crippen LogP contribution is 2.59. The van der Waals surface area contributed by atoms with Crippen LogP contribution in [-0.2, 0) is 63.8 Å². The first-order valence-electron chi connectivity index (χ1n) is 21.7. The van der Waals surface area contributed by atoms with E-state index in [2.05, 4.69) is 0 Å². The summed E-state index contributed by atoms with van der Waals surface area (Å²) in [5.41, 5.74) is -0.0622. The lowest BCUT2D eigenvalue weighted by atomic mass is 9.77. The summed E-state index contributed by atoms with van der Waals surface area (Å²) in [6, 6.07) is 11.5. The molecule has 0 amide bonds. The fourth-order valence-corrected chi connectivity index (χ4v) is 8.12. The number of hydrogen-bond acceptors (Lipinski definition) is 22. The number of fused-ring (bicyclic) bond motifs is 2. The van der Waals surface area contributed by atoms with Crippen molar-refractivity contribution in [1.82, 2.24) is 0 Å². The van der Waals surface area contributed by atoms with Crippen LogP contribution in [0.1, 0.15) is 115 Å². The molecular weight excluding hydrogens is 953 g/mol. The van der Waals surface area contributed by atoms with Crippen LogP contribution in [-0.4, -0.2) is 71.9 Å². The SMILES string of the molecule is CC(=O)Oc1cc(OC(C)=O)c2c(c1)O[C@H](c1ccc(OC(C)=O)c(OC(C)=O)c1)[C@H](OC(C)=O)C2c1c(OC(C)=O)cc(OC(C)=O)c2c1O[C@H](c1ccc(OC(C)=O)c(OC(C)=O)c1)[C@@H](OC(C)=O)C2. The molecule has 0 aromatic heterocycles. The average molecular weight is 999 g/mol. The first-order valence-corrected chi connectivity index (χ1v) is 21.7. The maximum atomic E-state index is 13.5. The van der Waals surface area contributed by atoms with Crippen LogP contribution in [0.15, 0.2) is 54.6 Å². The summed E-state index contributed by atoms with van der Waals surface area (Å²) in [6.07, 6.45) is -6.27. The highest BCUT2D eigenvalue weighted by molar-refractivity contribution is 5.79. The maximum Gasteiger partial charge on any atom is 0.308 e. The molecule has 22 heteroatoms. The molecule has 22 nitrogen and oxygen atoms in total. The molecule has 5 atom stereocenters. The molecule has 0 bridgehead atoms. The summed E-state index contributed by atoms with van der Waals surface area (Å²) in [4.78, 5) is 127. The van der Waals surface area contributed by atoms with Gasteiger partial charge < -0.3 is 56.8 Å². The smallest absolute Gasteiger partial charge is 0.308 e. The molecule has 0 aliphatic carbocycles. The summed E-state index contributed by atoms with van der Waals surface area (Å²) in [5.74, 6) is -12.6. The Hall–Kier alpha value is -8.82. The predicted molar refractivity (Wildman–Crippen MR) is 240 cm³/mol. The first-order chi connectivity index (χ1) is 33.9. The van der Waals surface area contributed by atoms with Gasteiger partial charge in [0.1, 0.15) is 40.6 Å². The van der Waals surface area contributed by atoms with E-state index >= 15 is 0 Å². The Labute approximate surface area is 409 Å². The largest absolute Gasteiger partial charge is 0.481 e. The monoisotopic (exact) mass is 998 g/mol. The van der Waals surface area contributed by atoms with Crippen molar-refractivity contribution < 1.29 is 105 Å². The van der Waals surface area contributed by atoms with E-state index in [0.717, 1.165) is 69.2 Å². The number of esters is 10. The minimum Gasteiger partial charge on any atom is -0.481 e. The number of hydrogen-bond donors (Lipinski definition) is 0. The minimum absolute atomic E-state index is 0.00922. The van der Waals surface area contributed by atoms with Crippen LogP contribution in [0.4, 0.5) is 0 Å². The average Bonchev–Trinajstić information content (AvgIpc) is 3.23. The van der Waals surface area contributed by atoms with Gasteiger partial charge in [0.25, 0.3) is 0 Å². The Bertz CT molecular complexity index is 2930. The summed E-state index contributed by atoms with van der Waals surface area (Å²) >= 11 is 0. The van der Waals surface area contributed by atoms with Gasteiger partial charge in [-0.3, -0.25) is 47.9 Å². The standard InChI is InChI=1S/C50H46O22/c1-21(51)61-33-17-40(67-27(7)57)44-41(18-33)71-48(32-12-14-36(63-23(3)53)39(16-32)66-26(6)56)50(70-30(10)60)46(44)45-42(68-28(8)58)20-37(64-24(4)54)34-19-43(69-29(9)59)47(72-49(34)45)31-11-13-35(62-22(2)52)38(15-31)65-25(5)55/h11-18,20,43,46-48,50H,19H2,1-10H3/t43-,46?,47+,48+,50+/m0/s1. The van der Waals surface area contributed by atoms with Gasteiger partial charge in [0.15, 0.2) is 41.3 Å². The molecule has 0 spiro atoms. The van der Waals surface area contributed by atoms with Crippen molar-refractivity contribution in [1.29, 1.82) is 0 Å². The number of carbonyl (C=O) groups is 10. The van der Waals surface area contributed by atoms with Crippen molar-refractivity contribution in [2.24, 2.45) is 0 Å². The molecule has 2 heterocycles. The molecule has 2 aliphatic rings. The van der Waals surface area contributed by atoms with Crippen LogP contribution in [0.5, 0.6) is 57.5 Å². The van der Waals surface area contributed by atoms with Gasteiger partial charge in [0, 0.05) is 122 Å². The number of carbonyl (C=O) groups excluding carboxylic acids is 10. The van der Waals surface area contributed by atoms with Crippen LogP contribution in [0, 0.1) is 0 Å². The predicted octanol–water partition coefficient (Wildman–Crippen LogP) is 5.89. The third-order valence-corrected chi connectivity index (χ3v) is 10.2. The Balaban J connectivity index is 1.78. The van der Waals surface area contributed by atoms with Crippen LogP contribution in [0.25, 0.3) is 0 Å². The van der Waals surface area contributed by atoms with Gasteiger partial charge in [-0.1, -0.05) is 12.1 Å². The lowest BCUT2D eigenvalue weighted by Gasteiger charge is -2.42. The van der Waals surface area contributed by atoms with Gasteiger partial charge in [-0.2, -0.15) is 0 Å². The van der Waals surface area contributed by atoms with E-state index < -0.39 is 95.8 Å². The lowest BCUT2D eigenvalue weighted by molar-refractivity contribution is -0.154. The zero-order chi connectivity index (χ0) is 52.9. The normalized spacial score (nSPS) is 17.3. The van der Waals surface area contributed by atoms with Gasteiger partial charge in [0.2, 0.25) is 0 Å². The van der Waals surface area contributed by atoms with Crippen LogP contribution >= 0.6 is 0 Å². The van der Waals surface area contributed by atoms with Crippen LogP contribution in [0.2, 0.25) is 0 Å². The summed E-state index contributed by atoms with van der Waals surface area (Å²) in [7, 11) is 0. The second-order valence-corrected chi connectivity index (χ2v) is 16.1. The van der Waals surface area contributed by atoms with Gasteiger partial charge in [-0.05, 0) is 24.3 Å². The Kier molecular flexibility index (Phi) is 16.0. The van der Waals surface area contributed by atoms with Crippen molar-refractivity contribution >= 4 is 59.7 Å². The molecule has 0 fully saturated rings. The molecule has 378 valence electrons. The molecule has 0 saturated heterocycles. The Morgan fingerprint density at radius 1 is 0.403 bits per heavy atom. The van der Waals surface area contributed by atoms with Crippen molar-refractivity contribution in [2.75, 3.05) is 0 Å². The molecule has 0 saturated carbocycles. The highest BCUT2D eigenvalue weighted by Gasteiger charge is 2.50. The lowest BCUT2D eigenvalue weighted by Crippen LogP contribution is -2.40. The molecule has 0 radical (unpaired) electrons. The molecule has 2 aliphatic heterocycles. The van der Waals surface area contributed by atoms with E-state index in [9.17, 15) is 47.9 Å². The zero-order valence-electron chi connectivity index (χ0n) is 40.3. The molecular formula is C50H46O22. The number of benzene rings is 4. The number of rotatable bonds is 13. The van der Waals surface area contributed by atoms with Crippen molar-refractivity contribution in [3.05, 3.63) is 82.4 Å². The molecule has 0 N–H and O–H groups in total. The molecule has 4 aromatic carbocycles. The molecule has 6 rings (SSSR count). The Morgan fingerprint density at radius 3 is 1.31 bits per heavy atom. The van der Waals surface area contributed by atoms with Gasteiger partial charge in [0.05, 0.1) is 5.92 Å². The van der Waals surface area contributed by atoms with Gasteiger partial charge >= 0.3 is 59.7 Å². The second-order valence-electron chi connectivity index (χ2n) is 16.1. The van der Waals surface area contributed by atoms with Crippen LogP contribution in [0.3, 0.4) is 0 Å². The Morgan fingerprint density at radius 2 is 0.833 bits per heavy atom. The van der Waals surface area contributed by atoms with E-state index in [1.165, 1.54) is 54.6 Å². The highest BCUT2D eigenvalue weighted by atomic mass is 16.6. The zero-order valence-corrected chi connectivity index (χ0v) is 40.3. The van der Waals surface area contributed by atoms with Gasteiger partial charge in [-0.15, -0.1) is 0 Å². The second kappa shape index (κ2) is 21.9. The fourth-order valence-electron chi connectivity index (χ4n) is 8.12. The van der Waals surface area contributed by atoms with E-state index in [1.54, 1.807) is 0 Å². The summed E-state index contributed by atoms with van der Waals surface area (Å²) < 4.78 is 69.7. The fraction of sp³-hybridized carbons (Fsp3) is 0.320. The molecule has 72 heavy (non-hydrogen) atoms. The van der Waals surface area contributed by atoms with E-state index in [0.29, 0.717) is 0 Å². The van der Waals surface area contributed by atoms with Crippen LogP contribution < -0.4 is 47.4 Å². The maximum absolute atomic E-state index is 13.5. The van der Waals surface area contributed by atoms with Crippen molar-refractivity contribution in [3.63, 3.8) is 0 Å². The van der Waals surface area contributed by atoms with E-state index in [1.807, 2.05) is 0 Å². The van der Waals surface area contributed by atoms with Crippen molar-refractivity contribution in [3.8, 4) is 57.5 Å². The summed E-state index contributed by atoms with van der Waals surface area (Å²) in [6.45, 7) is 10.9. The molecule has 1 unspecified atom stereocenters. The quantitative estimate of drug-likeness (QED) is 0.111.